The normalized spacial score (nSPS) is 19.0. The molecule has 124 valence electrons. The van der Waals surface area contributed by atoms with E-state index in [1.165, 1.54) is 0 Å². The highest BCUT2D eigenvalue weighted by Crippen LogP contribution is 2.23. The van der Waals surface area contributed by atoms with Gasteiger partial charge in [0.25, 0.3) is 0 Å². The number of carbonyl (C=O) groups is 1. The third kappa shape index (κ3) is 3.46. The number of carbonyl (C=O) groups excluding carboxylic acids is 1. The monoisotopic (exact) mass is 318 g/mol. The zero-order chi connectivity index (χ0) is 16.2. The highest BCUT2D eigenvalue weighted by Gasteiger charge is 2.27. The lowest BCUT2D eigenvalue weighted by Gasteiger charge is -2.35. The number of nitrogens with zero attached hydrogens (tertiary/aromatic N) is 3. The van der Waals surface area contributed by atoms with Crippen LogP contribution in [-0.4, -0.2) is 46.7 Å². The van der Waals surface area contributed by atoms with E-state index in [9.17, 15) is 4.79 Å². The molecular formula is C16H22N4O3. The van der Waals surface area contributed by atoms with E-state index in [1.54, 1.807) is 13.0 Å². The Hall–Kier alpha value is -2.12. The summed E-state index contributed by atoms with van der Waals surface area (Å²) >= 11 is 0. The zero-order valence-corrected chi connectivity index (χ0v) is 13.5. The minimum atomic E-state index is -0.417. The number of piperazine rings is 1. The van der Waals surface area contributed by atoms with Crippen LogP contribution in [0, 0.1) is 0 Å². The van der Waals surface area contributed by atoms with Crippen LogP contribution in [0.1, 0.15) is 35.1 Å². The molecule has 0 saturated carbocycles. The second kappa shape index (κ2) is 6.97. The molecule has 1 aliphatic heterocycles. The Kier molecular flexibility index (Phi) is 4.78. The number of ether oxygens (including phenoxy) is 1. The maximum Gasteiger partial charge on any atom is 0.374 e. The molecule has 0 amide bonds. The SMILES string of the molecule is CCOC(=O)c1ccc(CN2CCNCC2c2nccn2C)o1. The van der Waals surface area contributed by atoms with E-state index in [1.807, 2.05) is 30.1 Å². The van der Waals surface area contributed by atoms with Crippen molar-refractivity contribution >= 4 is 5.97 Å². The smallest absolute Gasteiger partial charge is 0.374 e. The number of imidazole rings is 1. The van der Waals surface area contributed by atoms with E-state index in [-0.39, 0.29) is 11.8 Å². The van der Waals surface area contributed by atoms with E-state index in [2.05, 4.69) is 15.2 Å². The minimum Gasteiger partial charge on any atom is -0.460 e. The highest BCUT2D eigenvalue weighted by molar-refractivity contribution is 5.86. The lowest BCUT2D eigenvalue weighted by molar-refractivity contribution is 0.0484. The van der Waals surface area contributed by atoms with Crippen molar-refractivity contribution in [2.45, 2.75) is 19.5 Å². The Bertz CT molecular complexity index is 664. The highest BCUT2D eigenvalue weighted by atomic mass is 16.5. The van der Waals surface area contributed by atoms with E-state index >= 15 is 0 Å². The first-order chi connectivity index (χ1) is 11.2. The molecule has 1 aliphatic rings. The Balaban J connectivity index is 1.72. The van der Waals surface area contributed by atoms with Crippen LogP contribution in [0.3, 0.4) is 0 Å². The first kappa shape index (κ1) is 15.8. The Morgan fingerprint density at radius 2 is 2.39 bits per heavy atom. The van der Waals surface area contributed by atoms with Gasteiger partial charge < -0.3 is 19.0 Å². The molecule has 1 saturated heterocycles. The summed E-state index contributed by atoms with van der Waals surface area (Å²) in [7, 11) is 2.00. The summed E-state index contributed by atoms with van der Waals surface area (Å²) < 4.78 is 12.6. The Morgan fingerprint density at radius 1 is 1.52 bits per heavy atom. The van der Waals surface area contributed by atoms with Crippen LogP contribution in [0.25, 0.3) is 0 Å². The molecule has 1 unspecified atom stereocenters. The van der Waals surface area contributed by atoms with Crippen molar-refractivity contribution in [3.05, 3.63) is 41.9 Å². The molecule has 0 radical (unpaired) electrons. The molecule has 0 bridgehead atoms. The molecule has 7 nitrogen and oxygen atoms in total. The van der Waals surface area contributed by atoms with Crippen molar-refractivity contribution in [3.63, 3.8) is 0 Å². The molecule has 0 spiro atoms. The van der Waals surface area contributed by atoms with Gasteiger partial charge in [-0.05, 0) is 19.1 Å². The van der Waals surface area contributed by atoms with Gasteiger partial charge in [-0.15, -0.1) is 0 Å². The zero-order valence-electron chi connectivity index (χ0n) is 13.5. The molecule has 1 fully saturated rings. The second-order valence-electron chi connectivity index (χ2n) is 5.57. The van der Waals surface area contributed by atoms with E-state index in [4.69, 9.17) is 9.15 Å². The molecule has 23 heavy (non-hydrogen) atoms. The summed E-state index contributed by atoms with van der Waals surface area (Å²) in [5.41, 5.74) is 0. The first-order valence-corrected chi connectivity index (χ1v) is 7.87. The van der Waals surface area contributed by atoms with Crippen molar-refractivity contribution in [2.75, 3.05) is 26.2 Å². The lowest BCUT2D eigenvalue weighted by atomic mass is 10.1. The van der Waals surface area contributed by atoms with Crippen LogP contribution in [0.15, 0.2) is 28.9 Å². The topological polar surface area (TPSA) is 72.5 Å². The predicted molar refractivity (Wildman–Crippen MR) is 83.9 cm³/mol. The van der Waals surface area contributed by atoms with Gasteiger partial charge in [0.2, 0.25) is 5.76 Å². The Morgan fingerprint density at radius 3 is 3.13 bits per heavy atom. The van der Waals surface area contributed by atoms with Gasteiger partial charge in [0.05, 0.1) is 19.2 Å². The first-order valence-electron chi connectivity index (χ1n) is 7.87. The largest absolute Gasteiger partial charge is 0.460 e. The average molecular weight is 318 g/mol. The predicted octanol–water partition coefficient (Wildman–Crippen LogP) is 1.34. The van der Waals surface area contributed by atoms with Crippen LogP contribution in [0.5, 0.6) is 0 Å². The van der Waals surface area contributed by atoms with Gasteiger partial charge >= 0.3 is 5.97 Å². The van der Waals surface area contributed by atoms with E-state index < -0.39 is 5.97 Å². The number of aromatic nitrogens is 2. The van der Waals surface area contributed by atoms with Gasteiger partial charge in [0, 0.05) is 39.1 Å². The van der Waals surface area contributed by atoms with E-state index in [0.29, 0.717) is 13.2 Å². The fourth-order valence-electron chi connectivity index (χ4n) is 2.86. The fraction of sp³-hybridized carbons (Fsp3) is 0.500. The van der Waals surface area contributed by atoms with Crippen molar-refractivity contribution in [3.8, 4) is 0 Å². The third-order valence-electron chi connectivity index (χ3n) is 4.01. The molecule has 0 aromatic carbocycles. The number of rotatable bonds is 5. The van der Waals surface area contributed by atoms with Crippen LogP contribution < -0.4 is 5.32 Å². The summed E-state index contributed by atoms with van der Waals surface area (Å²) in [5, 5.41) is 3.41. The molecular weight excluding hydrogens is 296 g/mol. The Labute approximate surface area is 135 Å². The number of furan rings is 1. The van der Waals surface area contributed by atoms with Crippen molar-refractivity contribution in [1.29, 1.82) is 0 Å². The third-order valence-corrected chi connectivity index (χ3v) is 4.01. The van der Waals surface area contributed by atoms with Crippen molar-refractivity contribution in [1.82, 2.24) is 19.8 Å². The standard InChI is InChI=1S/C16H22N4O3/c1-3-22-16(21)14-5-4-12(23-14)11-20-9-6-17-10-13(20)15-18-7-8-19(15)2/h4-5,7-8,13,17H,3,6,9-11H2,1-2H3. The molecule has 7 heteroatoms. The second-order valence-corrected chi connectivity index (χ2v) is 5.57. The molecule has 3 rings (SSSR count). The lowest BCUT2D eigenvalue weighted by Crippen LogP contribution is -2.46. The van der Waals surface area contributed by atoms with Crippen LogP contribution in [-0.2, 0) is 18.3 Å². The molecule has 1 N–H and O–H groups in total. The number of hydrogen-bond acceptors (Lipinski definition) is 6. The maximum absolute atomic E-state index is 11.7. The molecule has 2 aromatic rings. The van der Waals surface area contributed by atoms with Gasteiger partial charge in [-0.1, -0.05) is 0 Å². The molecule has 1 atom stereocenters. The summed E-state index contributed by atoms with van der Waals surface area (Å²) in [6, 6.07) is 3.69. The minimum absolute atomic E-state index is 0.180. The van der Waals surface area contributed by atoms with Crippen molar-refractivity contribution < 1.29 is 13.9 Å². The van der Waals surface area contributed by atoms with Crippen LogP contribution in [0.2, 0.25) is 0 Å². The van der Waals surface area contributed by atoms with Gasteiger partial charge in [0.1, 0.15) is 11.6 Å². The quantitative estimate of drug-likeness (QED) is 0.839. The van der Waals surface area contributed by atoms with Crippen LogP contribution in [0.4, 0.5) is 0 Å². The number of nitrogens with one attached hydrogen (secondary N) is 1. The number of hydrogen-bond donors (Lipinski definition) is 1. The molecule has 0 aliphatic carbocycles. The molecule has 3 heterocycles. The van der Waals surface area contributed by atoms with E-state index in [0.717, 1.165) is 31.2 Å². The van der Waals surface area contributed by atoms with Crippen LogP contribution >= 0.6 is 0 Å². The number of aryl methyl sites for hydroxylation is 1. The number of esters is 1. The van der Waals surface area contributed by atoms with Crippen molar-refractivity contribution in [2.24, 2.45) is 7.05 Å². The molecule has 2 aromatic heterocycles. The summed E-state index contributed by atoms with van der Waals surface area (Å²) in [6.45, 7) is 5.42. The fourth-order valence-corrected chi connectivity index (χ4v) is 2.86. The maximum atomic E-state index is 11.7. The van der Waals surface area contributed by atoms with Gasteiger partial charge in [0.15, 0.2) is 0 Å². The summed E-state index contributed by atoms with van der Waals surface area (Å²) in [5.74, 6) is 1.62. The van der Waals surface area contributed by atoms with Gasteiger partial charge in [-0.25, -0.2) is 9.78 Å². The van der Waals surface area contributed by atoms with Gasteiger partial charge in [-0.2, -0.15) is 0 Å². The summed E-state index contributed by atoms with van der Waals surface area (Å²) in [4.78, 5) is 18.5. The average Bonchev–Trinajstić information content (AvgIpc) is 3.17. The van der Waals surface area contributed by atoms with Gasteiger partial charge in [-0.3, -0.25) is 4.90 Å². The summed E-state index contributed by atoms with van der Waals surface area (Å²) in [6.07, 6.45) is 3.77.